The molecule has 220 valence electrons. The maximum absolute atomic E-state index is 13.6. The number of thiazole rings is 1. The Kier molecular flexibility index (Phi) is 9.50. The molecular weight excluding hydrogens is 574 g/mol. The van der Waals surface area contributed by atoms with Gasteiger partial charge in [-0.05, 0) is 76.9 Å². The van der Waals surface area contributed by atoms with E-state index in [0.717, 1.165) is 5.56 Å². The van der Waals surface area contributed by atoms with Gasteiger partial charge in [0.05, 0.1) is 21.4 Å². The SMILES string of the molecule is CC(C)OC(=O)Nc1ccc(-c2ncc(-c3ccc(CCC(=O)c4cncnc4)cc3S(=O)(=O)NC(C)(C)C)s2)cc1. The number of hydrogen-bond donors (Lipinski definition) is 2. The number of ketones is 1. The van der Waals surface area contributed by atoms with E-state index in [-0.39, 0.29) is 23.2 Å². The van der Waals surface area contributed by atoms with Crippen LogP contribution >= 0.6 is 11.3 Å². The number of nitrogens with zero attached hydrogens (tertiary/aromatic N) is 3. The number of aryl methyl sites for hydroxylation is 1. The molecule has 0 spiro atoms. The summed E-state index contributed by atoms with van der Waals surface area (Å²) in [6.45, 7) is 8.88. The molecule has 1 amide bonds. The van der Waals surface area contributed by atoms with E-state index in [1.54, 1.807) is 65.1 Å². The molecule has 0 aliphatic heterocycles. The van der Waals surface area contributed by atoms with E-state index in [1.165, 1.54) is 30.1 Å². The third kappa shape index (κ3) is 8.28. The predicted octanol–water partition coefficient (Wildman–Crippen LogP) is 6.12. The lowest BCUT2D eigenvalue weighted by molar-refractivity contribution is 0.0982. The van der Waals surface area contributed by atoms with Crippen molar-refractivity contribution < 1.29 is 22.7 Å². The fourth-order valence-corrected chi connectivity index (χ4v) is 6.76. The van der Waals surface area contributed by atoms with Crippen LogP contribution in [0.2, 0.25) is 0 Å². The second kappa shape index (κ2) is 12.9. The molecular formula is C30H33N5O5S2. The number of amides is 1. The Balaban J connectivity index is 1.61. The molecule has 4 aromatic rings. The van der Waals surface area contributed by atoms with Gasteiger partial charge in [0.1, 0.15) is 11.3 Å². The van der Waals surface area contributed by atoms with Crippen LogP contribution in [0.5, 0.6) is 0 Å². The lowest BCUT2D eigenvalue weighted by atomic mass is 10.0. The monoisotopic (exact) mass is 607 g/mol. The van der Waals surface area contributed by atoms with Gasteiger partial charge in [-0.15, -0.1) is 11.3 Å². The number of rotatable bonds is 10. The van der Waals surface area contributed by atoms with Gasteiger partial charge in [0, 0.05) is 47.4 Å². The van der Waals surface area contributed by atoms with E-state index < -0.39 is 21.7 Å². The molecule has 2 aromatic heterocycles. The molecule has 12 heteroatoms. The van der Waals surface area contributed by atoms with Gasteiger partial charge in [-0.3, -0.25) is 10.1 Å². The van der Waals surface area contributed by atoms with Crippen molar-refractivity contribution in [3.63, 3.8) is 0 Å². The van der Waals surface area contributed by atoms with Crippen molar-refractivity contribution in [1.29, 1.82) is 0 Å². The van der Waals surface area contributed by atoms with E-state index in [2.05, 4.69) is 25.0 Å². The summed E-state index contributed by atoms with van der Waals surface area (Å²) in [6, 6.07) is 12.4. The van der Waals surface area contributed by atoms with E-state index >= 15 is 0 Å². The van der Waals surface area contributed by atoms with Crippen molar-refractivity contribution in [3.05, 3.63) is 78.5 Å². The molecule has 0 fully saturated rings. The highest BCUT2D eigenvalue weighted by molar-refractivity contribution is 7.89. The van der Waals surface area contributed by atoms with Crippen molar-refractivity contribution >= 4 is 38.9 Å². The van der Waals surface area contributed by atoms with Gasteiger partial charge in [0.2, 0.25) is 10.0 Å². The smallest absolute Gasteiger partial charge is 0.411 e. The largest absolute Gasteiger partial charge is 0.447 e. The zero-order chi connectivity index (χ0) is 30.5. The Morgan fingerprint density at radius 1 is 1.00 bits per heavy atom. The zero-order valence-electron chi connectivity index (χ0n) is 24.0. The minimum absolute atomic E-state index is 0.115. The van der Waals surface area contributed by atoms with Crippen LogP contribution in [0.15, 0.2) is 72.3 Å². The quantitative estimate of drug-likeness (QED) is 0.206. The average Bonchev–Trinajstić information content (AvgIpc) is 3.41. The molecule has 2 aromatic carbocycles. The Morgan fingerprint density at radius 2 is 1.69 bits per heavy atom. The maximum atomic E-state index is 13.6. The average molecular weight is 608 g/mol. The predicted molar refractivity (Wildman–Crippen MR) is 163 cm³/mol. The normalized spacial score (nSPS) is 11.9. The number of nitrogens with one attached hydrogen (secondary N) is 2. The molecule has 10 nitrogen and oxygen atoms in total. The first-order valence-corrected chi connectivity index (χ1v) is 15.6. The number of ether oxygens (including phenoxy) is 1. The van der Waals surface area contributed by atoms with Gasteiger partial charge in [0.15, 0.2) is 5.78 Å². The first kappa shape index (κ1) is 30.9. The highest BCUT2D eigenvalue weighted by atomic mass is 32.2. The number of anilines is 1. The summed E-state index contributed by atoms with van der Waals surface area (Å²) in [5.74, 6) is -0.123. The van der Waals surface area contributed by atoms with Crippen LogP contribution in [-0.4, -0.2) is 46.9 Å². The number of sulfonamides is 1. The standard InChI is InChI=1S/C30H33N5O5S2/c1-19(2)40-29(37)34-23-10-8-21(9-11-23)28-33-17-26(41-28)24-12-6-20(7-13-25(36)22-15-31-18-32-16-22)14-27(24)42(38,39)35-30(3,4)5/h6,8-12,14-19,35H,7,13H2,1-5H3,(H,34,37). The minimum atomic E-state index is -3.92. The van der Waals surface area contributed by atoms with Crippen molar-refractivity contribution in [2.75, 3.05) is 5.32 Å². The molecule has 42 heavy (non-hydrogen) atoms. The second-order valence-electron chi connectivity index (χ2n) is 10.9. The number of aromatic nitrogens is 3. The van der Waals surface area contributed by atoms with E-state index in [1.807, 2.05) is 18.2 Å². The van der Waals surface area contributed by atoms with E-state index in [4.69, 9.17) is 4.74 Å². The minimum Gasteiger partial charge on any atom is -0.447 e. The molecule has 0 saturated carbocycles. The zero-order valence-corrected chi connectivity index (χ0v) is 25.7. The van der Waals surface area contributed by atoms with E-state index in [0.29, 0.717) is 38.7 Å². The fourth-order valence-electron chi connectivity index (χ4n) is 4.04. The van der Waals surface area contributed by atoms with Crippen LogP contribution in [0.3, 0.4) is 0 Å². The van der Waals surface area contributed by atoms with Gasteiger partial charge >= 0.3 is 6.09 Å². The lowest BCUT2D eigenvalue weighted by Crippen LogP contribution is -2.40. The molecule has 0 aliphatic carbocycles. The van der Waals surface area contributed by atoms with Gasteiger partial charge in [0.25, 0.3) is 0 Å². The van der Waals surface area contributed by atoms with Gasteiger partial charge in [-0.1, -0.05) is 12.1 Å². The van der Waals surface area contributed by atoms with Crippen LogP contribution in [0, 0.1) is 0 Å². The number of carbonyl (C=O) groups is 2. The Labute approximate surface area is 249 Å². The van der Waals surface area contributed by atoms with Crippen LogP contribution in [0.1, 0.15) is 57.0 Å². The summed E-state index contributed by atoms with van der Waals surface area (Å²) in [4.78, 5) is 37.6. The summed E-state index contributed by atoms with van der Waals surface area (Å²) in [6.07, 6.45) is 5.71. The van der Waals surface area contributed by atoms with Crippen LogP contribution < -0.4 is 10.0 Å². The Hall–Kier alpha value is -4.00. The summed E-state index contributed by atoms with van der Waals surface area (Å²) < 4.78 is 35.0. The number of Topliss-reactive ketones (excluding diaryl/α,β-unsaturated/α-hetero) is 1. The molecule has 0 aliphatic rings. The summed E-state index contributed by atoms with van der Waals surface area (Å²) in [5.41, 5.74) is 2.32. The van der Waals surface area contributed by atoms with Crippen molar-refractivity contribution in [3.8, 4) is 21.0 Å². The second-order valence-corrected chi connectivity index (χ2v) is 13.6. The Morgan fingerprint density at radius 3 is 2.33 bits per heavy atom. The van der Waals surface area contributed by atoms with E-state index in [9.17, 15) is 18.0 Å². The summed E-state index contributed by atoms with van der Waals surface area (Å²) >= 11 is 1.35. The Bertz CT molecular complexity index is 1660. The van der Waals surface area contributed by atoms with Crippen molar-refractivity contribution in [1.82, 2.24) is 19.7 Å². The van der Waals surface area contributed by atoms with Crippen LogP contribution in [0.25, 0.3) is 21.0 Å². The van der Waals surface area contributed by atoms with Crippen LogP contribution in [0.4, 0.5) is 10.5 Å². The van der Waals surface area contributed by atoms with Gasteiger partial charge in [-0.25, -0.2) is 32.9 Å². The van der Waals surface area contributed by atoms with Crippen molar-refractivity contribution in [2.45, 2.75) is 64.0 Å². The first-order chi connectivity index (χ1) is 19.8. The van der Waals surface area contributed by atoms with Gasteiger partial charge in [-0.2, -0.15) is 0 Å². The maximum Gasteiger partial charge on any atom is 0.411 e. The lowest BCUT2D eigenvalue weighted by Gasteiger charge is -2.22. The molecule has 0 unspecified atom stereocenters. The summed E-state index contributed by atoms with van der Waals surface area (Å²) in [5, 5.41) is 3.37. The molecule has 2 N–H and O–H groups in total. The third-order valence-corrected chi connectivity index (χ3v) is 8.67. The number of hydrogen-bond acceptors (Lipinski definition) is 9. The molecule has 2 heterocycles. The number of carbonyl (C=O) groups excluding carboxylic acids is 2. The van der Waals surface area contributed by atoms with Crippen molar-refractivity contribution in [2.24, 2.45) is 0 Å². The fraction of sp³-hybridized carbons (Fsp3) is 0.300. The molecule has 0 atom stereocenters. The molecule has 4 rings (SSSR count). The highest BCUT2D eigenvalue weighted by Crippen LogP contribution is 2.36. The molecule has 0 bridgehead atoms. The summed E-state index contributed by atoms with van der Waals surface area (Å²) in [7, 11) is -3.92. The highest BCUT2D eigenvalue weighted by Gasteiger charge is 2.26. The topological polar surface area (TPSA) is 140 Å². The molecule has 0 radical (unpaired) electrons. The first-order valence-electron chi connectivity index (χ1n) is 13.3. The van der Waals surface area contributed by atoms with Crippen LogP contribution in [-0.2, 0) is 21.2 Å². The third-order valence-electron chi connectivity index (χ3n) is 5.79. The van der Waals surface area contributed by atoms with Gasteiger partial charge < -0.3 is 4.74 Å². The molecule has 0 saturated heterocycles. The number of benzene rings is 2.